The molecule has 1 rings (SSSR count). The lowest BCUT2D eigenvalue weighted by atomic mass is 11.1. The lowest BCUT2D eigenvalue weighted by Crippen LogP contribution is -1.95. The molecule has 1 aromatic heterocycles. The van der Waals surface area contributed by atoms with Crippen molar-refractivity contribution < 1.29 is 0 Å². The third kappa shape index (κ3) is 0.443. The van der Waals surface area contributed by atoms with E-state index >= 15 is 0 Å². The van der Waals surface area contributed by atoms with Crippen LogP contribution >= 0.6 is 0 Å². The summed E-state index contributed by atoms with van der Waals surface area (Å²) < 4.78 is 0. The molecule has 0 fully saturated rings. The van der Waals surface area contributed by atoms with E-state index in [1.165, 1.54) is 0 Å². The Balaban J connectivity index is 3.12. The van der Waals surface area contributed by atoms with Gasteiger partial charge in [-0.15, -0.1) is 0 Å². The Morgan fingerprint density at radius 2 is 2.43 bits per heavy atom. The third-order valence-electron chi connectivity index (χ3n) is 0.464. The molecule has 0 amide bonds. The monoisotopic (exact) mass is 100 g/mol. The second-order valence-electron chi connectivity index (χ2n) is 0.910. The molecule has 1 heterocycles. The van der Waals surface area contributed by atoms with Crippen molar-refractivity contribution >= 4 is 5.95 Å². The van der Waals surface area contributed by atoms with Gasteiger partial charge in [0.2, 0.25) is 5.95 Å². The van der Waals surface area contributed by atoms with Crippen molar-refractivity contribution in [2.75, 3.05) is 5.73 Å². The quantitative estimate of drug-likeness (QED) is 0.432. The van der Waals surface area contributed by atoms with E-state index in [-0.39, 0.29) is 10.8 Å². The Kier molecular flexibility index (Phi) is 0.588. The molecule has 2 N–H and O–H groups in total. The molecule has 0 aliphatic heterocycles. The zero-order valence-electron chi connectivity index (χ0n) is 3.27. The van der Waals surface area contributed by atoms with Crippen molar-refractivity contribution in [2.45, 2.75) is 0 Å². The molecule has 7 heavy (non-hydrogen) atoms. The van der Waals surface area contributed by atoms with E-state index in [9.17, 15) is 5.21 Å². The first-order valence-corrected chi connectivity index (χ1v) is 1.52. The molecular weight excluding hydrogens is 98.0 g/mol. The maximum atomic E-state index is 9.97. The van der Waals surface area contributed by atoms with Crippen LogP contribution in [0.3, 0.4) is 0 Å². The summed E-state index contributed by atoms with van der Waals surface area (Å²) >= 11 is 0. The summed E-state index contributed by atoms with van der Waals surface area (Å²) in [5, 5.41) is 18.9. The Bertz CT molecular complexity index is 140. The van der Waals surface area contributed by atoms with Crippen LogP contribution < -0.4 is 5.73 Å². The molecule has 0 saturated heterocycles. The Morgan fingerprint density at radius 3 is 2.57 bits per heavy atom. The summed E-state index contributed by atoms with van der Waals surface area (Å²) in [5.74, 6) is -0.222. The van der Waals surface area contributed by atoms with Gasteiger partial charge in [-0.2, -0.15) is 0 Å². The number of hydrogen-bond acceptors (Lipinski definition) is 5. The number of anilines is 1. The Morgan fingerprint density at radius 1 is 1.71 bits per heavy atom. The Labute approximate surface area is 38.5 Å². The average molecular weight is 100 g/mol. The molecule has 6 heteroatoms. The van der Waals surface area contributed by atoms with Gasteiger partial charge in [-0.3, -0.25) is 0 Å². The molecule has 0 aliphatic rings. The number of hydrogen-bond donors (Lipinski definition) is 1. The Hall–Kier alpha value is -1.33. The summed E-state index contributed by atoms with van der Waals surface area (Å²) in [6.45, 7) is 0. The minimum Gasteiger partial charge on any atom is -0.787 e. The highest BCUT2D eigenvalue weighted by atomic mass is 16.5. The second kappa shape index (κ2) is 1.07. The van der Waals surface area contributed by atoms with Crippen LogP contribution in [0.25, 0.3) is 0 Å². The number of nitrogens with two attached hydrogens (primary N) is 1. The predicted octanol–water partition coefficient (Wildman–Crippen LogP) is -1.40. The standard InChI is InChI=1S/CH2N5O/c2-1-3-4-5-6(1)7/h(H2,2,3,5)/q-1. The van der Waals surface area contributed by atoms with Crippen molar-refractivity contribution in [1.82, 2.24) is 20.4 Å². The maximum absolute atomic E-state index is 9.97. The fourth-order valence-electron chi connectivity index (χ4n) is 0.186. The summed E-state index contributed by atoms with van der Waals surface area (Å²) in [7, 11) is 0. The molecule has 0 radical (unpaired) electrons. The molecule has 0 spiro atoms. The van der Waals surface area contributed by atoms with Gasteiger partial charge in [0.25, 0.3) is 0 Å². The highest BCUT2D eigenvalue weighted by Gasteiger charge is 1.84. The lowest BCUT2D eigenvalue weighted by Gasteiger charge is -1.98. The van der Waals surface area contributed by atoms with Gasteiger partial charge in [0, 0.05) is 0 Å². The summed E-state index contributed by atoms with van der Waals surface area (Å²) in [6, 6.07) is 0. The van der Waals surface area contributed by atoms with Crippen LogP contribution in [0.2, 0.25) is 0 Å². The number of rotatable bonds is 0. The molecule has 0 unspecified atom stereocenters. The van der Waals surface area contributed by atoms with E-state index in [4.69, 9.17) is 5.73 Å². The van der Waals surface area contributed by atoms with Crippen LogP contribution in [0.5, 0.6) is 0 Å². The molecule has 0 aromatic carbocycles. The lowest BCUT2D eigenvalue weighted by molar-refractivity contribution is 0.795. The molecule has 38 valence electrons. The normalized spacial score (nSPS) is 9.14. The summed E-state index contributed by atoms with van der Waals surface area (Å²) in [6.07, 6.45) is 0. The van der Waals surface area contributed by atoms with Gasteiger partial charge >= 0.3 is 0 Å². The van der Waals surface area contributed by atoms with Crippen LogP contribution in [0, 0.1) is 5.21 Å². The zero-order valence-corrected chi connectivity index (χ0v) is 3.27. The first-order valence-electron chi connectivity index (χ1n) is 1.52. The van der Waals surface area contributed by atoms with Gasteiger partial charge in [-0.05, 0) is 10.4 Å². The second-order valence-corrected chi connectivity index (χ2v) is 0.910. The van der Waals surface area contributed by atoms with E-state index < -0.39 is 0 Å². The predicted molar refractivity (Wildman–Crippen MR) is 21.0 cm³/mol. The van der Waals surface area contributed by atoms with Gasteiger partial charge in [0.05, 0.1) is 0 Å². The minimum absolute atomic E-state index is 0.139. The molecular formula is CH2N5O-. The number of nitrogen functional groups attached to an aromatic ring is 1. The zero-order chi connectivity index (χ0) is 5.28. The first kappa shape index (κ1) is 3.85. The van der Waals surface area contributed by atoms with Gasteiger partial charge in [0.1, 0.15) is 0 Å². The largest absolute Gasteiger partial charge is 0.787 e. The first-order chi connectivity index (χ1) is 3.30. The summed E-state index contributed by atoms with van der Waals surface area (Å²) in [4.78, 5) is 0.139. The van der Waals surface area contributed by atoms with Gasteiger partial charge in [-0.25, -0.2) is 4.85 Å². The van der Waals surface area contributed by atoms with E-state index in [2.05, 4.69) is 15.5 Å². The van der Waals surface area contributed by atoms with E-state index in [1.54, 1.807) is 0 Å². The van der Waals surface area contributed by atoms with Crippen molar-refractivity contribution in [3.8, 4) is 0 Å². The molecule has 0 aliphatic carbocycles. The van der Waals surface area contributed by atoms with E-state index in [0.29, 0.717) is 0 Å². The van der Waals surface area contributed by atoms with Gasteiger partial charge in [-0.1, -0.05) is 5.10 Å². The molecule has 0 saturated carbocycles. The van der Waals surface area contributed by atoms with Crippen LogP contribution in [-0.4, -0.2) is 20.4 Å². The smallest absolute Gasteiger partial charge is 0.236 e. The molecule has 6 nitrogen and oxygen atoms in total. The molecule has 1 aromatic rings. The third-order valence-corrected chi connectivity index (χ3v) is 0.464. The topological polar surface area (TPSA) is 92.7 Å². The van der Waals surface area contributed by atoms with Gasteiger partial charge < -0.3 is 10.9 Å². The average Bonchev–Trinajstić information content (AvgIpc) is 1.91. The fraction of sp³-hybridized carbons (Fsp3) is 0. The van der Waals surface area contributed by atoms with Crippen LogP contribution in [0.15, 0.2) is 0 Å². The highest BCUT2D eigenvalue weighted by molar-refractivity contribution is 5.10. The summed E-state index contributed by atoms with van der Waals surface area (Å²) in [5.41, 5.74) is 4.85. The van der Waals surface area contributed by atoms with E-state index in [0.717, 1.165) is 0 Å². The van der Waals surface area contributed by atoms with Crippen molar-refractivity contribution in [3.05, 3.63) is 5.21 Å². The SMILES string of the molecule is Nc1nnnn1[O-]. The van der Waals surface area contributed by atoms with Gasteiger partial charge in [0.15, 0.2) is 0 Å². The maximum Gasteiger partial charge on any atom is 0.236 e. The number of nitrogens with zero attached hydrogens (tertiary/aromatic N) is 4. The van der Waals surface area contributed by atoms with Crippen LogP contribution in [0.1, 0.15) is 0 Å². The van der Waals surface area contributed by atoms with Crippen molar-refractivity contribution in [1.29, 1.82) is 0 Å². The number of tetrazole rings is 1. The van der Waals surface area contributed by atoms with Crippen molar-refractivity contribution in [2.24, 2.45) is 0 Å². The van der Waals surface area contributed by atoms with Crippen molar-refractivity contribution in [3.63, 3.8) is 0 Å². The number of aromatic nitrogens is 4. The highest BCUT2D eigenvalue weighted by Crippen LogP contribution is 1.83. The van der Waals surface area contributed by atoms with E-state index in [1.807, 2.05) is 0 Å². The fourth-order valence-corrected chi connectivity index (χ4v) is 0.186. The molecule has 0 bridgehead atoms. The molecule has 0 atom stereocenters. The van der Waals surface area contributed by atoms with Crippen LogP contribution in [-0.2, 0) is 0 Å². The minimum atomic E-state index is -0.222. The van der Waals surface area contributed by atoms with Crippen LogP contribution in [0.4, 0.5) is 5.95 Å².